The van der Waals surface area contributed by atoms with Crippen molar-refractivity contribution in [2.45, 2.75) is 122 Å². The molecule has 1 N–H and O–H groups in total. The highest BCUT2D eigenvalue weighted by atomic mass is 79.9. The van der Waals surface area contributed by atoms with E-state index in [9.17, 15) is 9.90 Å². The van der Waals surface area contributed by atoms with Gasteiger partial charge in [0.2, 0.25) is 0 Å². The van der Waals surface area contributed by atoms with Crippen molar-refractivity contribution < 1.29 is 9.90 Å². The van der Waals surface area contributed by atoms with Crippen molar-refractivity contribution in [1.82, 2.24) is 0 Å². The Bertz CT molecular complexity index is 741. The predicted octanol–water partition coefficient (Wildman–Crippen LogP) is 8.02. The summed E-state index contributed by atoms with van der Waals surface area (Å²) in [6, 6.07) is 0. The number of alkyl halides is 2. The average Bonchev–Trinajstić information content (AvgIpc) is 3.11. The van der Waals surface area contributed by atoms with Gasteiger partial charge in [0.05, 0.1) is 4.83 Å². The molecule has 0 radical (unpaired) electrons. The minimum Gasteiger partial charge on any atom is -0.381 e. The first-order chi connectivity index (χ1) is 15.4. The summed E-state index contributed by atoms with van der Waals surface area (Å²) in [6.45, 7) is 14.4. The highest BCUT2D eigenvalue weighted by Crippen LogP contribution is 2.69. The van der Waals surface area contributed by atoms with Gasteiger partial charge in [-0.3, -0.25) is 4.79 Å². The predicted molar refractivity (Wildman–Crippen MR) is 142 cm³/mol. The van der Waals surface area contributed by atoms with Gasteiger partial charge in [0.15, 0.2) is 5.78 Å². The fourth-order valence-electron chi connectivity index (χ4n) is 9.60. The molecule has 0 heterocycles. The van der Waals surface area contributed by atoms with Crippen LogP contribution in [0.2, 0.25) is 0 Å². The lowest BCUT2D eigenvalue weighted by atomic mass is 9.42. The van der Waals surface area contributed by atoms with Gasteiger partial charge in [0, 0.05) is 17.2 Å². The van der Waals surface area contributed by atoms with Gasteiger partial charge in [0.1, 0.15) is 5.60 Å². The molecule has 0 saturated heterocycles. The quantitative estimate of drug-likeness (QED) is 0.344. The molecule has 2 nitrogen and oxygen atoms in total. The highest BCUT2D eigenvalue weighted by Gasteiger charge is 2.70. The second-order valence-corrected chi connectivity index (χ2v) is 15.0. The van der Waals surface area contributed by atoms with Crippen LogP contribution >= 0.6 is 27.5 Å². The Labute approximate surface area is 216 Å². The van der Waals surface area contributed by atoms with E-state index in [1.165, 1.54) is 38.5 Å². The molecule has 4 aliphatic rings. The highest BCUT2D eigenvalue weighted by molar-refractivity contribution is 9.10. The molecule has 0 aliphatic heterocycles. The molecule has 33 heavy (non-hydrogen) atoms. The first-order valence-corrected chi connectivity index (χ1v) is 15.3. The number of hydrogen-bond acceptors (Lipinski definition) is 2. The summed E-state index contributed by atoms with van der Waals surface area (Å²) in [5, 5.41) is 11.7. The summed E-state index contributed by atoms with van der Waals surface area (Å²) < 4.78 is 0. The smallest absolute Gasteiger partial charge is 0.178 e. The Balaban J connectivity index is 1.56. The number of halogens is 2. The molecule has 11 atom stereocenters. The lowest BCUT2D eigenvalue weighted by molar-refractivity contribution is -0.200. The molecule has 0 aromatic carbocycles. The van der Waals surface area contributed by atoms with Crippen LogP contribution in [0.15, 0.2) is 0 Å². The van der Waals surface area contributed by atoms with E-state index in [4.69, 9.17) is 11.6 Å². The van der Waals surface area contributed by atoms with Gasteiger partial charge >= 0.3 is 0 Å². The minimum absolute atomic E-state index is 0.0278. The van der Waals surface area contributed by atoms with E-state index in [1.54, 1.807) is 0 Å². The Hall–Kier alpha value is 0.400. The van der Waals surface area contributed by atoms with Crippen molar-refractivity contribution in [2.75, 3.05) is 0 Å². The summed E-state index contributed by atoms with van der Waals surface area (Å²) in [4.78, 5) is 13.5. The van der Waals surface area contributed by atoms with Crippen LogP contribution in [0.3, 0.4) is 0 Å². The molecular weight excluding hydrogens is 496 g/mol. The first kappa shape index (κ1) is 26.5. The molecule has 4 rings (SSSR count). The normalized spacial score (nSPS) is 49.3. The third-order valence-electron chi connectivity index (χ3n) is 11.8. The molecule has 0 aromatic rings. The number of rotatable bonds is 6. The van der Waals surface area contributed by atoms with Gasteiger partial charge in [-0.05, 0) is 91.8 Å². The standard InChI is InChI=1S/C29H48BrClO2/c1-7-19(17(2)3)9-8-18(4)21-10-11-22-24-23(13-14-27(21,22)5)28(6)15-12-20(31)16-29(28,33)26(32)25(24)30/h17-25,33H,7-16H2,1-6H3/t18-,19-,20+,21-,22+,23+,24+,25-,27-,28-,29+/m1/s1. The SMILES string of the molecule is CC[C@H](CC[C@@H](C)[C@H]1CC[C@H]2[C@@H]3[C@@H](Br)C(=O)[C@@]4(O)C[C@@H](Cl)CC[C@]4(C)[C@H]3CC[C@]12C)C(C)C. The number of fused-ring (bicyclic) bond motifs is 5. The molecule has 190 valence electrons. The Morgan fingerprint density at radius 3 is 2.39 bits per heavy atom. The van der Waals surface area contributed by atoms with Gasteiger partial charge < -0.3 is 5.11 Å². The van der Waals surface area contributed by atoms with Gasteiger partial charge in [-0.15, -0.1) is 11.6 Å². The molecule has 0 unspecified atom stereocenters. The summed E-state index contributed by atoms with van der Waals surface area (Å²) in [5.74, 6) is 4.49. The number of ketones is 1. The molecule has 0 aromatic heterocycles. The molecular formula is C29H48BrClO2. The molecule has 0 spiro atoms. The van der Waals surface area contributed by atoms with Crippen LogP contribution in [0.1, 0.15) is 106 Å². The van der Waals surface area contributed by atoms with E-state index >= 15 is 0 Å². The van der Waals surface area contributed by atoms with Crippen LogP contribution < -0.4 is 0 Å². The van der Waals surface area contributed by atoms with Crippen LogP contribution in [0.25, 0.3) is 0 Å². The fraction of sp³-hybridized carbons (Fsp3) is 0.966. The summed E-state index contributed by atoms with van der Waals surface area (Å²) in [7, 11) is 0. The second-order valence-electron chi connectivity index (χ2n) is 13.4. The van der Waals surface area contributed by atoms with E-state index in [0.717, 1.165) is 42.9 Å². The second kappa shape index (κ2) is 9.37. The van der Waals surface area contributed by atoms with Crippen LogP contribution in [-0.2, 0) is 4.79 Å². The Morgan fingerprint density at radius 2 is 1.76 bits per heavy atom. The minimum atomic E-state index is -1.27. The zero-order chi connectivity index (χ0) is 24.3. The molecule has 0 amide bonds. The van der Waals surface area contributed by atoms with E-state index in [1.807, 2.05) is 0 Å². The number of hydrogen-bond donors (Lipinski definition) is 1. The number of aliphatic hydroxyl groups is 1. The van der Waals surface area contributed by atoms with Crippen LogP contribution in [0, 0.1) is 52.3 Å². The van der Waals surface area contributed by atoms with E-state index in [-0.39, 0.29) is 21.4 Å². The van der Waals surface area contributed by atoms with Gasteiger partial charge in [0.25, 0.3) is 0 Å². The fourth-order valence-corrected chi connectivity index (χ4v) is 11.1. The average molecular weight is 544 g/mol. The van der Waals surface area contributed by atoms with Crippen molar-refractivity contribution >= 4 is 33.3 Å². The maximum Gasteiger partial charge on any atom is 0.178 e. The Kier molecular flexibility index (Phi) is 7.51. The van der Waals surface area contributed by atoms with Crippen molar-refractivity contribution in [1.29, 1.82) is 0 Å². The largest absolute Gasteiger partial charge is 0.381 e. The number of carbonyl (C=O) groups excluding carboxylic acids is 1. The third-order valence-corrected chi connectivity index (χ3v) is 13.2. The zero-order valence-corrected chi connectivity index (χ0v) is 24.2. The number of carbonyl (C=O) groups is 1. The summed E-state index contributed by atoms with van der Waals surface area (Å²) >= 11 is 10.4. The third kappa shape index (κ3) is 4.01. The maximum absolute atomic E-state index is 13.7. The van der Waals surface area contributed by atoms with Crippen molar-refractivity contribution in [2.24, 2.45) is 52.3 Å². The zero-order valence-electron chi connectivity index (χ0n) is 21.9. The van der Waals surface area contributed by atoms with E-state index < -0.39 is 5.60 Å². The van der Waals surface area contributed by atoms with E-state index in [0.29, 0.717) is 29.6 Å². The number of Topliss-reactive ketones (excluding diaryl/α,β-unsaturated/α-hetero) is 1. The lowest BCUT2D eigenvalue weighted by Gasteiger charge is -2.64. The lowest BCUT2D eigenvalue weighted by Crippen LogP contribution is -2.70. The van der Waals surface area contributed by atoms with E-state index in [2.05, 4.69) is 57.5 Å². The van der Waals surface area contributed by atoms with Gasteiger partial charge in [-0.1, -0.05) is 70.3 Å². The van der Waals surface area contributed by atoms with Crippen LogP contribution in [0.4, 0.5) is 0 Å². The monoisotopic (exact) mass is 542 g/mol. The molecule has 4 aliphatic carbocycles. The van der Waals surface area contributed by atoms with Gasteiger partial charge in [-0.2, -0.15) is 0 Å². The van der Waals surface area contributed by atoms with Crippen molar-refractivity contribution in [3.63, 3.8) is 0 Å². The molecule has 4 saturated carbocycles. The van der Waals surface area contributed by atoms with Gasteiger partial charge in [-0.25, -0.2) is 0 Å². The molecule has 0 bridgehead atoms. The topological polar surface area (TPSA) is 37.3 Å². The maximum atomic E-state index is 13.7. The molecule has 4 heteroatoms. The van der Waals surface area contributed by atoms with Crippen molar-refractivity contribution in [3.8, 4) is 0 Å². The summed E-state index contributed by atoms with van der Waals surface area (Å²) in [6.07, 6.45) is 11.1. The van der Waals surface area contributed by atoms with Crippen LogP contribution in [-0.4, -0.2) is 26.7 Å². The first-order valence-electron chi connectivity index (χ1n) is 14.0. The molecule has 4 fully saturated rings. The van der Waals surface area contributed by atoms with Crippen molar-refractivity contribution in [3.05, 3.63) is 0 Å². The van der Waals surface area contributed by atoms with Crippen LogP contribution in [0.5, 0.6) is 0 Å². The summed E-state index contributed by atoms with van der Waals surface area (Å²) in [5.41, 5.74) is -1.28. The Morgan fingerprint density at radius 1 is 1.06 bits per heavy atom.